The quantitative estimate of drug-likeness (QED) is 0.480. The maximum Gasteiger partial charge on any atom is 0.244 e. The average Bonchev–Trinajstić information content (AvgIpc) is 3.03. The van der Waals surface area contributed by atoms with E-state index in [0.717, 1.165) is 35.4 Å². The van der Waals surface area contributed by atoms with Gasteiger partial charge in [-0.2, -0.15) is 0 Å². The van der Waals surface area contributed by atoms with E-state index in [9.17, 15) is 4.79 Å². The zero-order valence-corrected chi connectivity index (χ0v) is 15.2. The molecule has 0 atom stereocenters. The van der Waals surface area contributed by atoms with Crippen molar-refractivity contribution in [2.75, 3.05) is 0 Å². The number of aromatic nitrogens is 2. The van der Waals surface area contributed by atoms with E-state index in [2.05, 4.69) is 22.9 Å². The Balaban J connectivity index is 1.68. The van der Waals surface area contributed by atoms with Crippen LogP contribution in [0.25, 0.3) is 17.1 Å². The maximum atomic E-state index is 12.1. The van der Waals surface area contributed by atoms with Gasteiger partial charge in [-0.05, 0) is 30.2 Å². The number of rotatable bonds is 8. The van der Waals surface area contributed by atoms with Crippen molar-refractivity contribution in [3.05, 3.63) is 72.1 Å². The smallest absolute Gasteiger partial charge is 0.244 e. The molecule has 0 aliphatic rings. The van der Waals surface area contributed by atoms with Crippen molar-refractivity contribution in [3.8, 4) is 0 Å². The number of amides is 1. The Labute approximate surface area is 154 Å². The second-order valence-electron chi connectivity index (χ2n) is 6.34. The molecule has 0 unspecified atom stereocenters. The molecule has 26 heavy (non-hydrogen) atoms. The summed E-state index contributed by atoms with van der Waals surface area (Å²) in [4.78, 5) is 16.8. The molecule has 0 bridgehead atoms. The highest BCUT2D eigenvalue weighted by Gasteiger charge is 2.10. The van der Waals surface area contributed by atoms with Crippen molar-refractivity contribution in [2.24, 2.45) is 0 Å². The summed E-state index contributed by atoms with van der Waals surface area (Å²) in [5.74, 6) is 0.796. The summed E-state index contributed by atoms with van der Waals surface area (Å²) in [6.45, 7) is 3.56. The molecule has 3 aromatic rings. The molecule has 1 aromatic heterocycles. The minimum Gasteiger partial charge on any atom is -0.345 e. The highest BCUT2D eigenvalue weighted by Crippen LogP contribution is 2.17. The fourth-order valence-corrected chi connectivity index (χ4v) is 2.99. The summed E-state index contributed by atoms with van der Waals surface area (Å²) in [7, 11) is 0. The van der Waals surface area contributed by atoms with Crippen LogP contribution in [0.4, 0.5) is 0 Å². The monoisotopic (exact) mass is 347 g/mol. The number of benzene rings is 2. The van der Waals surface area contributed by atoms with Gasteiger partial charge < -0.3 is 9.88 Å². The molecule has 1 amide bonds. The Morgan fingerprint density at radius 3 is 2.65 bits per heavy atom. The van der Waals surface area contributed by atoms with Gasteiger partial charge in [0.1, 0.15) is 5.82 Å². The molecular formula is C22H25N3O. The summed E-state index contributed by atoms with van der Waals surface area (Å²) < 4.78 is 2.23. The minimum absolute atomic E-state index is 0.110. The van der Waals surface area contributed by atoms with Crippen molar-refractivity contribution < 1.29 is 4.79 Å². The first kappa shape index (κ1) is 17.9. The van der Waals surface area contributed by atoms with Crippen molar-refractivity contribution >= 4 is 23.0 Å². The predicted molar refractivity (Wildman–Crippen MR) is 107 cm³/mol. The van der Waals surface area contributed by atoms with Crippen LogP contribution in [-0.2, 0) is 17.9 Å². The summed E-state index contributed by atoms with van der Waals surface area (Å²) >= 11 is 0. The molecule has 0 aliphatic heterocycles. The molecular weight excluding hydrogens is 322 g/mol. The topological polar surface area (TPSA) is 46.9 Å². The number of carbonyl (C=O) groups excluding carboxylic acids is 1. The Bertz CT molecular complexity index is 881. The molecule has 0 spiro atoms. The fraction of sp³-hybridized carbons (Fsp3) is 0.273. The fourth-order valence-electron chi connectivity index (χ4n) is 2.99. The van der Waals surface area contributed by atoms with Crippen LogP contribution >= 0.6 is 0 Å². The van der Waals surface area contributed by atoms with Crippen LogP contribution in [0.3, 0.4) is 0 Å². The molecule has 1 heterocycles. The standard InChI is InChI=1S/C22H25N3O/c1-2-3-9-16-25-20-13-8-7-12-19(20)24-21(25)17-23-22(26)15-14-18-10-5-4-6-11-18/h4-8,10-15H,2-3,9,16-17H2,1H3,(H,23,26)/b15-14-. The molecule has 0 aliphatic carbocycles. The normalized spacial score (nSPS) is 11.3. The van der Waals surface area contributed by atoms with Gasteiger partial charge in [-0.15, -0.1) is 0 Å². The molecule has 134 valence electrons. The second-order valence-corrected chi connectivity index (χ2v) is 6.34. The van der Waals surface area contributed by atoms with Crippen molar-refractivity contribution in [3.63, 3.8) is 0 Å². The van der Waals surface area contributed by atoms with Crippen LogP contribution in [0, 0.1) is 0 Å². The summed E-state index contributed by atoms with van der Waals surface area (Å²) in [5, 5.41) is 2.95. The van der Waals surface area contributed by atoms with Gasteiger partial charge in [-0.25, -0.2) is 4.98 Å². The number of hydrogen-bond donors (Lipinski definition) is 1. The highest BCUT2D eigenvalue weighted by molar-refractivity contribution is 5.91. The van der Waals surface area contributed by atoms with Gasteiger partial charge in [0.15, 0.2) is 0 Å². The van der Waals surface area contributed by atoms with Crippen LogP contribution in [0.2, 0.25) is 0 Å². The number of imidazole rings is 1. The Kier molecular flexibility index (Phi) is 6.20. The average molecular weight is 347 g/mol. The van der Waals surface area contributed by atoms with Crippen LogP contribution in [-0.4, -0.2) is 15.5 Å². The van der Waals surface area contributed by atoms with Gasteiger partial charge in [0.2, 0.25) is 5.91 Å². The zero-order valence-electron chi connectivity index (χ0n) is 15.2. The van der Waals surface area contributed by atoms with Crippen molar-refractivity contribution in [2.45, 2.75) is 39.3 Å². The van der Waals surface area contributed by atoms with E-state index < -0.39 is 0 Å². The summed E-state index contributed by atoms with van der Waals surface area (Å²) in [5.41, 5.74) is 3.12. The third-order valence-electron chi connectivity index (χ3n) is 4.37. The van der Waals surface area contributed by atoms with Gasteiger partial charge in [0.25, 0.3) is 0 Å². The van der Waals surface area contributed by atoms with E-state index >= 15 is 0 Å². The van der Waals surface area contributed by atoms with Gasteiger partial charge in [-0.1, -0.05) is 62.2 Å². The Hall–Kier alpha value is -2.88. The zero-order chi connectivity index (χ0) is 18.2. The predicted octanol–water partition coefficient (Wildman–Crippen LogP) is 4.56. The first-order valence-corrected chi connectivity index (χ1v) is 9.23. The molecule has 1 N–H and O–H groups in total. The third kappa shape index (κ3) is 4.60. The Morgan fingerprint density at radius 2 is 1.85 bits per heavy atom. The van der Waals surface area contributed by atoms with E-state index in [0.29, 0.717) is 6.54 Å². The lowest BCUT2D eigenvalue weighted by atomic mass is 10.2. The third-order valence-corrected chi connectivity index (χ3v) is 4.37. The summed E-state index contributed by atoms with van der Waals surface area (Å²) in [6, 6.07) is 17.9. The minimum atomic E-state index is -0.110. The van der Waals surface area contributed by atoms with E-state index in [-0.39, 0.29) is 5.91 Å². The van der Waals surface area contributed by atoms with Crippen LogP contribution < -0.4 is 5.32 Å². The largest absolute Gasteiger partial charge is 0.345 e. The maximum absolute atomic E-state index is 12.1. The number of unbranched alkanes of at least 4 members (excludes halogenated alkanes) is 2. The van der Waals surface area contributed by atoms with Gasteiger partial charge in [0.05, 0.1) is 17.6 Å². The lowest BCUT2D eigenvalue weighted by Gasteiger charge is -2.09. The van der Waals surface area contributed by atoms with Gasteiger partial charge >= 0.3 is 0 Å². The molecule has 4 nitrogen and oxygen atoms in total. The molecule has 4 heteroatoms. The van der Waals surface area contributed by atoms with Crippen molar-refractivity contribution in [1.29, 1.82) is 0 Å². The molecule has 0 saturated heterocycles. The van der Waals surface area contributed by atoms with E-state index in [4.69, 9.17) is 4.98 Å². The van der Waals surface area contributed by atoms with Crippen LogP contribution in [0.15, 0.2) is 60.7 Å². The SMILES string of the molecule is CCCCCn1c(CNC(=O)/C=C\c2ccccc2)nc2ccccc21. The number of nitrogens with zero attached hydrogens (tertiary/aromatic N) is 2. The number of nitrogens with one attached hydrogen (secondary N) is 1. The van der Waals surface area contributed by atoms with Crippen LogP contribution in [0.5, 0.6) is 0 Å². The number of carbonyl (C=O) groups is 1. The molecule has 0 fully saturated rings. The lowest BCUT2D eigenvalue weighted by molar-refractivity contribution is -0.116. The van der Waals surface area contributed by atoms with Gasteiger partial charge in [0, 0.05) is 12.6 Å². The lowest BCUT2D eigenvalue weighted by Crippen LogP contribution is -2.22. The molecule has 0 radical (unpaired) electrons. The molecule has 0 saturated carbocycles. The first-order chi connectivity index (χ1) is 12.8. The first-order valence-electron chi connectivity index (χ1n) is 9.23. The number of aryl methyl sites for hydroxylation is 1. The number of fused-ring (bicyclic) bond motifs is 1. The number of hydrogen-bond acceptors (Lipinski definition) is 2. The number of para-hydroxylation sites is 2. The van der Waals surface area contributed by atoms with E-state index in [1.807, 2.05) is 54.6 Å². The molecule has 2 aromatic carbocycles. The Morgan fingerprint density at radius 1 is 1.08 bits per heavy atom. The highest BCUT2D eigenvalue weighted by atomic mass is 16.1. The van der Waals surface area contributed by atoms with E-state index in [1.165, 1.54) is 12.8 Å². The molecule has 3 rings (SSSR count). The second kappa shape index (κ2) is 8.99. The van der Waals surface area contributed by atoms with E-state index in [1.54, 1.807) is 6.08 Å². The van der Waals surface area contributed by atoms with Crippen LogP contribution in [0.1, 0.15) is 37.6 Å². The summed E-state index contributed by atoms with van der Waals surface area (Å²) in [6.07, 6.45) is 6.88. The van der Waals surface area contributed by atoms with Crippen molar-refractivity contribution in [1.82, 2.24) is 14.9 Å². The van der Waals surface area contributed by atoms with Gasteiger partial charge in [-0.3, -0.25) is 4.79 Å².